The highest BCUT2D eigenvalue weighted by Gasteiger charge is 2.16. The molecule has 118 valence electrons. The molecule has 1 heterocycles. The van der Waals surface area contributed by atoms with Gasteiger partial charge in [-0.2, -0.15) is 0 Å². The molecule has 3 rings (SSSR count). The maximum absolute atomic E-state index is 6.37. The van der Waals surface area contributed by atoms with Crippen LogP contribution in [0.3, 0.4) is 0 Å². The molecule has 0 fully saturated rings. The topological polar surface area (TPSA) is 31.6 Å². The van der Waals surface area contributed by atoms with Crippen molar-refractivity contribution in [3.63, 3.8) is 0 Å². The van der Waals surface area contributed by atoms with Crippen molar-refractivity contribution in [3.8, 4) is 33.8 Å². The van der Waals surface area contributed by atoms with E-state index in [1.807, 2.05) is 24.3 Å². The summed E-state index contributed by atoms with van der Waals surface area (Å²) in [5.41, 5.74) is 3.43. The van der Waals surface area contributed by atoms with Gasteiger partial charge < -0.3 is 13.9 Å². The summed E-state index contributed by atoms with van der Waals surface area (Å²) in [5, 5.41) is 1.16. The minimum Gasteiger partial charge on any atom is -0.497 e. The summed E-state index contributed by atoms with van der Waals surface area (Å²) in [6.45, 7) is 0. The largest absolute Gasteiger partial charge is 0.497 e. The zero-order chi connectivity index (χ0) is 16.4. The third-order valence-corrected chi connectivity index (χ3v) is 4.22. The molecule has 3 aromatic rings. The van der Waals surface area contributed by atoms with E-state index in [1.54, 1.807) is 38.9 Å². The fourth-order valence-electron chi connectivity index (χ4n) is 2.40. The van der Waals surface area contributed by atoms with Crippen molar-refractivity contribution in [1.29, 1.82) is 0 Å². The highest BCUT2D eigenvalue weighted by molar-refractivity contribution is 6.34. The number of benzene rings is 2. The van der Waals surface area contributed by atoms with Gasteiger partial charge in [0, 0.05) is 22.3 Å². The van der Waals surface area contributed by atoms with Gasteiger partial charge in [-0.1, -0.05) is 23.2 Å². The minimum atomic E-state index is 0.580. The van der Waals surface area contributed by atoms with Crippen LogP contribution in [-0.4, -0.2) is 14.2 Å². The predicted octanol–water partition coefficient (Wildman–Crippen LogP) is 5.94. The summed E-state index contributed by atoms with van der Waals surface area (Å²) in [7, 11) is 3.21. The Balaban J connectivity index is 2.10. The number of furan rings is 1. The maximum Gasteiger partial charge on any atom is 0.120 e. The highest BCUT2D eigenvalue weighted by Crippen LogP contribution is 2.41. The third kappa shape index (κ3) is 3.03. The molecule has 0 aliphatic carbocycles. The Bertz CT molecular complexity index is 772. The van der Waals surface area contributed by atoms with Gasteiger partial charge in [-0.3, -0.25) is 0 Å². The van der Waals surface area contributed by atoms with E-state index in [2.05, 4.69) is 0 Å². The van der Waals surface area contributed by atoms with Gasteiger partial charge in [0.05, 0.1) is 36.8 Å². The van der Waals surface area contributed by atoms with Crippen molar-refractivity contribution < 1.29 is 13.9 Å². The molecule has 3 nitrogen and oxygen atoms in total. The van der Waals surface area contributed by atoms with Gasteiger partial charge in [0.25, 0.3) is 0 Å². The van der Waals surface area contributed by atoms with E-state index in [4.69, 9.17) is 37.1 Å². The predicted molar refractivity (Wildman–Crippen MR) is 92.7 cm³/mol. The van der Waals surface area contributed by atoms with Crippen LogP contribution in [0.15, 0.2) is 53.3 Å². The number of halogens is 2. The van der Waals surface area contributed by atoms with Gasteiger partial charge in [-0.25, -0.2) is 0 Å². The Morgan fingerprint density at radius 2 is 1.13 bits per heavy atom. The van der Waals surface area contributed by atoms with E-state index in [0.29, 0.717) is 21.5 Å². The third-order valence-electron chi connectivity index (χ3n) is 3.59. The molecule has 1 aromatic heterocycles. The van der Waals surface area contributed by atoms with E-state index in [-0.39, 0.29) is 0 Å². The quantitative estimate of drug-likeness (QED) is 0.584. The minimum absolute atomic E-state index is 0.580. The first-order valence-electron chi connectivity index (χ1n) is 6.88. The van der Waals surface area contributed by atoms with Gasteiger partial charge in [-0.05, 0) is 36.4 Å². The van der Waals surface area contributed by atoms with Gasteiger partial charge in [0.15, 0.2) is 0 Å². The Labute approximate surface area is 144 Å². The van der Waals surface area contributed by atoms with Crippen LogP contribution >= 0.6 is 23.2 Å². The molecule has 0 N–H and O–H groups in total. The molecule has 0 saturated carbocycles. The molecule has 0 spiro atoms. The van der Waals surface area contributed by atoms with E-state index in [0.717, 1.165) is 22.3 Å². The molecule has 0 atom stereocenters. The molecular formula is C18H14Cl2O3. The molecule has 0 unspecified atom stereocenters. The Hall–Kier alpha value is -2.10. The molecule has 0 amide bonds. The maximum atomic E-state index is 6.37. The van der Waals surface area contributed by atoms with Crippen LogP contribution in [0.5, 0.6) is 11.5 Å². The van der Waals surface area contributed by atoms with Crippen LogP contribution in [0.25, 0.3) is 22.3 Å². The van der Waals surface area contributed by atoms with Crippen molar-refractivity contribution in [1.82, 2.24) is 0 Å². The number of hydrogen-bond acceptors (Lipinski definition) is 3. The lowest BCUT2D eigenvalue weighted by atomic mass is 9.99. The molecule has 0 aliphatic heterocycles. The molecule has 0 saturated heterocycles. The van der Waals surface area contributed by atoms with Crippen molar-refractivity contribution in [3.05, 3.63) is 59.0 Å². The number of rotatable bonds is 4. The van der Waals surface area contributed by atoms with E-state index >= 15 is 0 Å². The summed E-state index contributed by atoms with van der Waals surface area (Å²) in [6.07, 6.45) is 3.31. The monoisotopic (exact) mass is 348 g/mol. The van der Waals surface area contributed by atoms with Crippen molar-refractivity contribution in [2.75, 3.05) is 14.2 Å². The second-order valence-corrected chi connectivity index (χ2v) is 5.71. The Kier molecular flexibility index (Phi) is 4.51. The first-order valence-corrected chi connectivity index (χ1v) is 7.63. The molecule has 0 aliphatic rings. The lowest BCUT2D eigenvalue weighted by Crippen LogP contribution is -1.87. The lowest BCUT2D eigenvalue weighted by molar-refractivity contribution is 0.415. The van der Waals surface area contributed by atoms with Crippen LogP contribution in [0, 0.1) is 0 Å². The first-order chi connectivity index (χ1) is 11.1. The van der Waals surface area contributed by atoms with E-state index in [1.165, 1.54) is 0 Å². The van der Waals surface area contributed by atoms with Crippen LogP contribution in [0.4, 0.5) is 0 Å². The van der Waals surface area contributed by atoms with Gasteiger partial charge in [0.2, 0.25) is 0 Å². The fourth-order valence-corrected chi connectivity index (χ4v) is 2.94. The van der Waals surface area contributed by atoms with E-state index in [9.17, 15) is 0 Å². The van der Waals surface area contributed by atoms with Crippen LogP contribution < -0.4 is 9.47 Å². The lowest BCUT2D eigenvalue weighted by Gasteiger charge is -2.09. The van der Waals surface area contributed by atoms with Gasteiger partial charge in [-0.15, -0.1) is 0 Å². The number of methoxy groups -OCH3 is 2. The first kappa shape index (κ1) is 15.8. The fraction of sp³-hybridized carbons (Fsp3) is 0.111. The summed E-state index contributed by atoms with van der Waals surface area (Å²) in [5.74, 6) is 1.40. The van der Waals surface area contributed by atoms with Crippen LogP contribution in [0.1, 0.15) is 0 Å². The standard InChI is InChI=1S/C18H14Cl2O3/c1-21-11-3-5-13(17(19)7-11)15-9-23-10-16(15)14-6-4-12(22-2)8-18(14)20/h3-10H,1-2H3. The molecule has 0 bridgehead atoms. The van der Waals surface area contributed by atoms with Crippen molar-refractivity contribution >= 4 is 23.2 Å². The zero-order valence-electron chi connectivity index (χ0n) is 12.6. The van der Waals surface area contributed by atoms with E-state index < -0.39 is 0 Å². The second kappa shape index (κ2) is 6.57. The van der Waals surface area contributed by atoms with Gasteiger partial charge >= 0.3 is 0 Å². The molecule has 5 heteroatoms. The van der Waals surface area contributed by atoms with Gasteiger partial charge in [0.1, 0.15) is 11.5 Å². The summed E-state index contributed by atoms with van der Waals surface area (Å²) in [6, 6.07) is 11.0. The summed E-state index contributed by atoms with van der Waals surface area (Å²) >= 11 is 12.7. The van der Waals surface area contributed by atoms with Crippen molar-refractivity contribution in [2.24, 2.45) is 0 Å². The summed E-state index contributed by atoms with van der Waals surface area (Å²) < 4.78 is 15.8. The van der Waals surface area contributed by atoms with Crippen LogP contribution in [-0.2, 0) is 0 Å². The SMILES string of the molecule is COc1ccc(-c2cocc2-c2ccc(OC)cc2Cl)c(Cl)c1. The van der Waals surface area contributed by atoms with Crippen molar-refractivity contribution in [2.45, 2.75) is 0 Å². The molecule has 23 heavy (non-hydrogen) atoms. The zero-order valence-corrected chi connectivity index (χ0v) is 14.1. The number of hydrogen-bond donors (Lipinski definition) is 0. The average molecular weight is 349 g/mol. The molecule has 0 radical (unpaired) electrons. The number of ether oxygens (including phenoxy) is 2. The molecular weight excluding hydrogens is 335 g/mol. The van der Waals surface area contributed by atoms with Crippen LogP contribution in [0.2, 0.25) is 10.0 Å². The Morgan fingerprint density at radius 1 is 0.696 bits per heavy atom. The highest BCUT2D eigenvalue weighted by atomic mass is 35.5. The second-order valence-electron chi connectivity index (χ2n) is 4.89. The Morgan fingerprint density at radius 3 is 1.48 bits per heavy atom. The molecule has 2 aromatic carbocycles. The average Bonchev–Trinajstić information content (AvgIpc) is 3.03. The normalized spacial score (nSPS) is 10.6. The summed E-state index contributed by atoms with van der Waals surface area (Å²) in [4.78, 5) is 0. The smallest absolute Gasteiger partial charge is 0.120 e.